The lowest BCUT2D eigenvalue weighted by atomic mass is 10.2. The van der Waals surface area contributed by atoms with Crippen LogP contribution in [0.3, 0.4) is 0 Å². The zero-order chi connectivity index (χ0) is 13.4. The van der Waals surface area contributed by atoms with Crippen molar-refractivity contribution in [1.29, 1.82) is 0 Å². The molecule has 0 unspecified atom stereocenters. The molecule has 0 atom stereocenters. The van der Waals surface area contributed by atoms with Gasteiger partial charge in [0.25, 0.3) is 0 Å². The number of nitrogens with one attached hydrogen (secondary N) is 1. The second-order valence-corrected chi connectivity index (χ2v) is 6.47. The molecule has 0 saturated carbocycles. The third kappa shape index (κ3) is 5.06. The van der Waals surface area contributed by atoms with Crippen LogP contribution in [0, 0.1) is 0 Å². The Morgan fingerprint density at radius 3 is 2.61 bits per heavy atom. The summed E-state index contributed by atoms with van der Waals surface area (Å²) in [5.74, 6) is 0. The number of hydrogen-bond donors (Lipinski definition) is 1. The van der Waals surface area contributed by atoms with Crippen molar-refractivity contribution in [2.24, 2.45) is 0 Å². The van der Waals surface area contributed by atoms with Crippen LogP contribution in [0.5, 0.6) is 0 Å². The topological polar surface area (TPSA) is 55.4 Å². The largest absolute Gasteiger partial charge is 0.385 e. The number of sulfonamides is 1. The van der Waals surface area contributed by atoms with Crippen molar-refractivity contribution < 1.29 is 13.2 Å². The summed E-state index contributed by atoms with van der Waals surface area (Å²) in [6.07, 6.45) is 2.71. The van der Waals surface area contributed by atoms with Gasteiger partial charge in [-0.2, -0.15) is 0 Å². The van der Waals surface area contributed by atoms with E-state index in [9.17, 15) is 8.42 Å². The molecule has 4 nitrogen and oxygen atoms in total. The zero-order valence-corrected chi connectivity index (χ0v) is 12.8. The van der Waals surface area contributed by atoms with Crippen LogP contribution in [0.4, 0.5) is 0 Å². The monoisotopic (exact) mass is 335 g/mol. The van der Waals surface area contributed by atoms with Gasteiger partial charge < -0.3 is 4.74 Å². The van der Waals surface area contributed by atoms with Gasteiger partial charge in [0.2, 0.25) is 10.0 Å². The maximum Gasteiger partial charge on any atom is 0.241 e. The summed E-state index contributed by atoms with van der Waals surface area (Å²) in [5, 5.41) is 0. The molecule has 0 aromatic heterocycles. The Hall–Kier alpha value is -0.430. The summed E-state index contributed by atoms with van der Waals surface area (Å²) < 4.78 is 32.1. The van der Waals surface area contributed by atoms with Gasteiger partial charge >= 0.3 is 0 Å². The molecule has 0 spiro atoms. The average molecular weight is 336 g/mol. The molecular formula is C12H18BrNO3S. The maximum absolute atomic E-state index is 12.0. The second-order valence-electron chi connectivity index (χ2n) is 3.88. The molecular weight excluding hydrogens is 318 g/mol. The Morgan fingerprint density at radius 2 is 1.94 bits per heavy atom. The molecule has 1 N–H and O–H groups in total. The molecule has 6 heteroatoms. The first-order valence-corrected chi connectivity index (χ1v) is 8.08. The molecule has 0 aliphatic rings. The van der Waals surface area contributed by atoms with Crippen LogP contribution >= 0.6 is 15.9 Å². The standard InChI is InChI=1S/C12H18BrNO3S/c1-17-10-6-2-5-9-14-18(15,16)12-8-4-3-7-11(12)13/h3-4,7-8,14H,2,5-6,9-10H2,1H3. The van der Waals surface area contributed by atoms with Crippen molar-refractivity contribution >= 4 is 26.0 Å². The van der Waals surface area contributed by atoms with Gasteiger partial charge in [-0.25, -0.2) is 13.1 Å². The number of methoxy groups -OCH3 is 1. The summed E-state index contributed by atoms with van der Waals surface area (Å²) in [4.78, 5) is 0.280. The fourth-order valence-corrected chi connectivity index (χ4v) is 3.57. The summed E-state index contributed by atoms with van der Waals surface area (Å²) in [6, 6.07) is 6.79. The molecule has 102 valence electrons. The summed E-state index contributed by atoms with van der Waals surface area (Å²) in [5.41, 5.74) is 0. The lowest BCUT2D eigenvalue weighted by Crippen LogP contribution is -2.25. The van der Waals surface area contributed by atoms with Crippen LogP contribution < -0.4 is 4.72 Å². The molecule has 18 heavy (non-hydrogen) atoms. The third-order valence-electron chi connectivity index (χ3n) is 2.44. The first-order chi connectivity index (χ1) is 8.58. The second kappa shape index (κ2) is 7.89. The Bertz CT molecular complexity index is 462. The molecule has 0 radical (unpaired) electrons. The molecule has 1 aromatic rings. The number of halogens is 1. The van der Waals surface area contributed by atoms with Crippen LogP contribution in [0.15, 0.2) is 33.6 Å². The smallest absolute Gasteiger partial charge is 0.241 e. The SMILES string of the molecule is COCCCCCNS(=O)(=O)c1ccccc1Br. The minimum atomic E-state index is -3.41. The van der Waals surface area contributed by atoms with Gasteiger partial charge in [0, 0.05) is 24.7 Å². The van der Waals surface area contributed by atoms with Gasteiger partial charge in [0.1, 0.15) is 0 Å². The lowest BCUT2D eigenvalue weighted by Gasteiger charge is -2.08. The van der Waals surface area contributed by atoms with E-state index >= 15 is 0 Å². The van der Waals surface area contributed by atoms with E-state index in [-0.39, 0.29) is 4.90 Å². The zero-order valence-electron chi connectivity index (χ0n) is 10.4. The highest BCUT2D eigenvalue weighted by atomic mass is 79.9. The predicted octanol–water partition coefficient (Wildman–Crippen LogP) is 2.54. The first kappa shape index (κ1) is 15.6. The van der Waals surface area contributed by atoms with E-state index in [1.807, 2.05) is 0 Å². The Labute approximate surface area is 117 Å². The van der Waals surface area contributed by atoms with E-state index in [0.29, 0.717) is 11.0 Å². The Morgan fingerprint density at radius 1 is 1.22 bits per heavy atom. The third-order valence-corrected chi connectivity index (χ3v) is 4.92. The number of benzene rings is 1. The van der Waals surface area contributed by atoms with Gasteiger partial charge in [0.15, 0.2) is 0 Å². The minimum Gasteiger partial charge on any atom is -0.385 e. The predicted molar refractivity (Wildman–Crippen MR) is 75.1 cm³/mol. The summed E-state index contributed by atoms with van der Waals surface area (Å²) in [6.45, 7) is 1.17. The molecule has 0 saturated heterocycles. The highest BCUT2D eigenvalue weighted by molar-refractivity contribution is 9.10. The van der Waals surface area contributed by atoms with Crippen LogP contribution in [-0.4, -0.2) is 28.7 Å². The van der Waals surface area contributed by atoms with Gasteiger partial charge in [-0.3, -0.25) is 0 Å². The van der Waals surface area contributed by atoms with Crippen LogP contribution in [-0.2, 0) is 14.8 Å². The molecule has 0 heterocycles. The number of rotatable bonds is 8. The normalized spacial score (nSPS) is 11.7. The number of unbranched alkanes of at least 4 members (excludes halogenated alkanes) is 2. The van der Waals surface area contributed by atoms with E-state index in [1.54, 1.807) is 31.4 Å². The van der Waals surface area contributed by atoms with Crippen molar-refractivity contribution in [1.82, 2.24) is 4.72 Å². The van der Waals surface area contributed by atoms with E-state index in [0.717, 1.165) is 25.9 Å². The van der Waals surface area contributed by atoms with E-state index < -0.39 is 10.0 Å². The fraction of sp³-hybridized carbons (Fsp3) is 0.500. The van der Waals surface area contributed by atoms with Crippen molar-refractivity contribution in [3.8, 4) is 0 Å². The average Bonchev–Trinajstić information content (AvgIpc) is 2.34. The highest BCUT2D eigenvalue weighted by Gasteiger charge is 2.15. The molecule has 0 aliphatic carbocycles. The van der Waals surface area contributed by atoms with Crippen molar-refractivity contribution in [3.05, 3.63) is 28.7 Å². The maximum atomic E-state index is 12.0. The van der Waals surface area contributed by atoms with Crippen molar-refractivity contribution in [3.63, 3.8) is 0 Å². The molecule has 1 aromatic carbocycles. The minimum absolute atomic E-state index is 0.280. The lowest BCUT2D eigenvalue weighted by molar-refractivity contribution is 0.192. The molecule has 0 bridgehead atoms. The van der Waals surface area contributed by atoms with E-state index in [4.69, 9.17) is 4.74 Å². The molecule has 0 aliphatic heterocycles. The van der Waals surface area contributed by atoms with E-state index in [2.05, 4.69) is 20.7 Å². The van der Waals surface area contributed by atoms with Crippen molar-refractivity contribution in [2.45, 2.75) is 24.2 Å². The molecule has 1 rings (SSSR count). The quantitative estimate of drug-likeness (QED) is 0.743. The summed E-state index contributed by atoms with van der Waals surface area (Å²) in [7, 11) is -1.75. The Balaban J connectivity index is 2.44. The van der Waals surface area contributed by atoms with Crippen LogP contribution in [0.25, 0.3) is 0 Å². The molecule has 0 fully saturated rings. The van der Waals surface area contributed by atoms with Crippen LogP contribution in [0.1, 0.15) is 19.3 Å². The Kier molecular flexibility index (Phi) is 6.85. The highest BCUT2D eigenvalue weighted by Crippen LogP contribution is 2.20. The van der Waals surface area contributed by atoms with Gasteiger partial charge in [-0.05, 0) is 47.3 Å². The van der Waals surface area contributed by atoms with Gasteiger partial charge in [-0.1, -0.05) is 12.1 Å². The van der Waals surface area contributed by atoms with Crippen LogP contribution in [0.2, 0.25) is 0 Å². The first-order valence-electron chi connectivity index (χ1n) is 5.81. The fourth-order valence-electron chi connectivity index (χ4n) is 1.50. The number of ether oxygens (including phenoxy) is 1. The summed E-state index contributed by atoms with van der Waals surface area (Å²) >= 11 is 3.24. The van der Waals surface area contributed by atoms with Gasteiger partial charge in [0.05, 0.1) is 4.90 Å². The molecule has 0 amide bonds. The number of hydrogen-bond acceptors (Lipinski definition) is 3. The van der Waals surface area contributed by atoms with Gasteiger partial charge in [-0.15, -0.1) is 0 Å². The van der Waals surface area contributed by atoms with Crippen molar-refractivity contribution in [2.75, 3.05) is 20.3 Å². The van der Waals surface area contributed by atoms with E-state index in [1.165, 1.54) is 0 Å².